The molecular formula is C16H19N5O3. The van der Waals surface area contributed by atoms with E-state index in [1.165, 1.54) is 17.8 Å². The number of nitrogens with zero attached hydrogens (tertiary/aromatic N) is 2. The summed E-state index contributed by atoms with van der Waals surface area (Å²) in [5, 5.41) is 11.8. The Morgan fingerprint density at radius 1 is 1.12 bits per heavy atom. The summed E-state index contributed by atoms with van der Waals surface area (Å²) in [7, 11) is 1.48. The van der Waals surface area contributed by atoms with Gasteiger partial charge in [0.25, 0.3) is 5.91 Å². The molecule has 0 bridgehead atoms. The fourth-order valence-electron chi connectivity index (χ4n) is 1.92. The van der Waals surface area contributed by atoms with Crippen LogP contribution in [0.1, 0.15) is 23.8 Å². The lowest BCUT2D eigenvalue weighted by molar-refractivity contribution is -0.119. The molecule has 0 unspecified atom stereocenters. The molecule has 3 N–H and O–H groups in total. The molecule has 0 fully saturated rings. The first-order chi connectivity index (χ1) is 11.5. The Labute approximate surface area is 139 Å². The minimum Gasteiger partial charge on any atom is -0.358 e. The Morgan fingerprint density at radius 3 is 2.46 bits per heavy atom. The third-order valence-electron chi connectivity index (χ3n) is 3.22. The molecule has 24 heavy (non-hydrogen) atoms. The molecule has 8 nitrogen and oxygen atoms in total. The molecule has 8 heteroatoms. The number of hydrogen-bond acceptors (Lipinski definition) is 4. The molecule has 0 aliphatic carbocycles. The molecule has 0 saturated carbocycles. The lowest BCUT2D eigenvalue weighted by Crippen LogP contribution is -2.35. The van der Waals surface area contributed by atoms with Gasteiger partial charge in [-0.2, -0.15) is 5.10 Å². The molecule has 0 aliphatic heterocycles. The van der Waals surface area contributed by atoms with Crippen LogP contribution < -0.4 is 16.0 Å². The van der Waals surface area contributed by atoms with Gasteiger partial charge in [-0.25, -0.2) is 4.68 Å². The van der Waals surface area contributed by atoms with Gasteiger partial charge in [-0.15, -0.1) is 0 Å². The average molecular weight is 329 g/mol. The predicted octanol–water partition coefficient (Wildman–Crippen LogP) is 0.697. The molecule has 3 amide bonds. The van der Waals surface area contributed by atoms with Crippen LogP contribution in [-0.4, -0.2) is 41.1 Å². The van der Waals surface area contributed by atoms with E-state index in [1.54, 1.807) is 19.1 Å². The van der Waals surface area contributed by atoms with Crippen LogP contribution in [0.2, 0.25) is 0 Å². The zero-order valence-corrected chi connectivity index (χ0v) is 13.5. The number of amides is 3. The smallest absolute Gasteiger partial charge is 0.272 e. The average Bonchev–Trinajstić information content (AvgIpc) is 3.03. The molecular weight excluding hydrogens is 310 g/mol. The Bertz CT molecular complexity index is 739. The van der Waals surface area contributed by atoms with Crippen molar-refractivity contribution in [2.75, 3.05) is 18.9 Å². The van der Waals surface area contributed by atoms with Crippen LogP contribution in [0.3, 0.4) is 0 Å². The second-order valence-electron chi connectivity index (χ2n) is 4.92. The second-order valence-corrected chi connectivity index (χ2v) is 4.92. The number of hydrogen-bond donors (Lipinski definition) is 3. The number of nitrogens with one attached hydrogen (secondary N) is 3. The third-order valence-corrected chi connectivity index (χ3v) is 3.22. The zero-order chi connectivity index (χ0) is 17.5. The molecule has 2 rings (SSSR count). The minimum atomic E-state index is -0.500. The van der Waals surface area contributed by atoms with Crippen LogP contribution in [0.4, 0.5) is 5.82 Å². The summed E-state index contributed by atoms with van der Waals surface area (Å²) in [4.78, 5) is 35.0. The van der Waals surface area contributed by atoms with E-state index in [1.807, 2.05) is 18.2 Å². The van der Waals surface area contributed by atoms with Crippen molar-refractivity contribution in [3.63, 3.8) is 0 Å². The van der Waals surface area contributed by atoms with Gasteiger partial charge >= 0.3 is 0 Å². The van der Waals surface area contributed by atoms with Gasteiger partial charge in [-0.1, -0.05) is 25.1 Å². The molecule has 0 atom stereocenters. The number of likely N-dealkylation sites (N-methyl/N-ethyl adjacent to an activating group) is 1. The molecule has 2 aromatic rings. The van der Waals surface area contributed by atoms with Gasteiger partial charge in [0.2, 0.25) is 11.8 Å². The van der Waals surface area contributed by atoms with E-state index in [0.29, 0.717) is 17.9 Å². The van der Waals surface area contributed by atoms with Crippen molar-refractivity contribution in [3.05, 3.63) is 42.1 Å². The van der Waals surface area contributed by atoms with E-state index in [4.69, 9.17) is 0 Å². The number of anilines is 1. The summed E-state index contributed by atoms with van der Waals surface area (Å²) in [6.45, 7) is 1.58. The van der Waals surface area contributed by atoms with Crippen LogP contribution in [-0.2, 0) is 9.59 Å². The van der Waals surface area contributed by atoms with Crippen molar-refractivity contribution < 1.29 is 14.4 Å². The van der Waals surface area contributed by atoms with Crippen molar-refractivity contribution in [3.8, 4) is 5.69 Å². The maximum atomic E-state index is 12.1. The monoisotopic (exact) mass is 329 g/mol. The normalized spacial score (nSPS) is 10.1. The first-order valence-electron chi connectivity index (χ1n) is 7.49. The van der Waals surface area contributed by atoms with Gasteiger partial charge in [-0.05, 0) is 12.1 Å². The van der Waals surface area contributed by atoms with Gasteiger partial charge < -0.3 is 16.0 Å². The Kier molecular flexibility index (Phi) is 5.67. The molecule has 0 radical (unpaired) electrons. The highest BCUT2D eigenvalue weighted by Gasteiger charge is 2.17. The van der Waals surface area contributed by atoms with Gasteiger partial charge in [0.1, 0.15) is 5.82 Å². The maximum absolute atomic E-state index is 12.1. The van der Waals surface area contributed by atoms with Crippen LogP contribution in [0.15, 0.2) is 36.4 Å². The van der Waals surface area contributed by atoms with Crippen molar-refractivity contribution in [2.45, 2.75) is 13.3 Å². The number of para-hydroxylation sites is 1. The van der Waals surface area contributed by atoms with E-state index in [-0.39, 0.29) is 24.1 Å². The summed E-state index contributed by atoms with van der Waals surface area (Å²) in [6.07, 6.45) is 0.304. The predicted molar refractivity (Wildman–Crippen MR) is 88.9 cm³/mol. The second kappa shape index (κ2) is 7.91. The minimum absolute atomic E-state index is 0.106. The highest BCUT2D eigenvalue weighted by atomic mass is 16.2. The SMILES string of the molecule is CCC(=O)Nc1cc(C(=O)NCC(=O)NC)nn1-c1ccccc1. The lowest BCUT2D eigenvalue weighted by Gasteiger charge is -2.07. The zero-order valence-electron chi connectivity index (χ0n) is 13.5. The van der Waals surface area contributed by atoms with E-state index in [0.717, 1.165) is 0 Å². The molecule has 0 saturated heterocycles. The number of aromatic nitrogens is 2. The molecule has 126 valence electrons. The van der Waals surface area contributed by atoms with Gasteiger partial charge in [-0.3, -0.25) is 14.4 Å². The van der Waals surface area contributed by atoms with Crippen molar-refractivity contribution in [1.29, 1.82) is 0 Å². The summed E-state index contributed by atoms with van der Waals surface area (Å²) < 4.78 is 1.47. The molecule has 0 aliphatic rings. The maximum Gasteiger partial charge on any atom is 0.272 e. The van der Waals surface area contributed by atoms with Crippen molar-refractivity contribution in [2.24, 2.45) is 0 Å². The van der Waals surface area contributed by atoms with Crippen LogP contribution >= 0.6 is 0 Å². The largest absolute Gasteiger partial charge is 0.358 e. The fourth-order valence-corrected chi connectivity index (χ4v) is 1.92. The van der Waals surface area contributed by atoms with Crippen LogP contribution in [0.25, 0.3) is 5.69 Å². The van der Waals surface area contributed by atoms with E-state index in [2.05, 4.69) is 21.0 Å². The third kappa shape index (κ3) is 4.19. The highest BCUT2D eigenvalue weighted by molar-refractivity contribution is 5.97. The lowest BCUT2D eigenvalue weighted by atomic mass is 10.3. The quantitative estimate of drug-likeness (QED) is 0.725. The standard InChI is InChI=1S/C16H19N5O3/c1-3-14(22)19-13-9-12(16(24)18-10-15(23)17-2)20-21(13)11-7-5-4-6-8-11/h4-9H,3,10H2,1-2H3,(H,17,23)(H,18,24)(H,19,22). The van der Waals surface area contributed by atoms with E-state index >= 15 is 0 Å². The Balaban J connectivity index is 2.28. The Morgan fingerprint density at radius 2 is 1.83 bits per heavy atom. The molecule has 1 aromatic heterocycles. The fraction of sp³-hybridized carbons (Fsp3) is 0.250. The number of rotatable bonds is 6. The van der Waals surface area contributed by atoms with Gasteiger partial charge in [0.15, 0.2) is 5.69 Å². The van der Waals surface area contributed by atoms with Crippen LogP contribution in [0.5, 0.6) is 0 Å². The van der Waals surface area contributed by atoms with E-state index < -0.39 is 5.91 Å². The van der Waals surface area contributed by atoms with Crippen LogP contribution in [0, 0.1) is 0 Å². The highest BCUT2D eigenvalue weighted by Crippen LogP contribution is 2.17. The number of benzene rings is 1. The summed E-state index contributed by atoms with van der Waals surface area (Å²) in [5.74, 6) is -0.617. The van der Waals surface area contributed by atoms with Crippen molar-refractivity contribution in [1.82, 2.24) is 20.4 Å². The first kappa shape index (κ1) is 17.2. The summed E-state index contributed by atoms with van der Waals surface area (Å²) in [6, 6.07) is 10.6. The van der Waals surface area contributed by atoms with E-state index in [9.17, 15) is 14.4 Å². The molecule has 1 heterocycles. The molecule has 0 spiro atoms. The topological polar surface area (TPSA) is 105 Å². The van der Waals surface area contributed by atoms with Gasteiger partial charge in [0.05, 0.1) is 12.2 Å². The first-order valence-corrected chi connectivity index (χ1v) is 7.49. The Hall–Kier alpha value is -3.16. The molecule has 1 aromatic carbocycles. The summed E-state index contributed by atoms with van der Waals surface area (Å²) >= 11 is 0. The summed E-state index contributed by atoms with van der Waals surface area (Å²) in [5.41, 5.74) is 0.809. The number of carbonyl (C=O) groups is 3. The number of carbonyl (C=O) groups excluding carboxylic acids is 3. The van der Waals surface area contributed by atoms with Crippen molar-refractivity contribution >= 4 is 23.5 Å². The van der Waals surface area contributed by atoms with Gasteiger partial charge in [0, 0.05) is 19.5 Å².